The van der Waals surface area contributed by atoms with Gasteiger partial charge in [-0.1, -0.05) is 0 Å². The zero-order valence-corrected chi connectivity index (χ0v) is 10.2. The van der Waals surface area contributed by atoms with Crippen LogP contribution in [-0.4, -0.2) is 36.0 Å². The number of hydrogen-bond acceptors (Lipinski definition) is 3. The van der Waals surface area contributed by atoms with Crippen molar-refractivity contribution < 1.29 is 9.84 Å². The van der Waals surface area contributed by atoms with E-state index in [4.69, 9.17) is 11.2 Å². The molecule has 2 N–H and O–H groups in total. The summed E-state index contributed by atoms with van der Waals surface area (Å²) in [6, 6.07) is 0.235. The Labute approximate surface area is 93.2 Å². The van der Waals surface area contributed by atoms with Gasteiger partial charge in [0.1, 0.15) is 0 Å². The van der Waals surface area contributed by atoms with Gasteiger partial charge in [0.05, 0.1) is 18.3 Å². The molecule has 2 unspecified atom stereocenters. The number of aliphatic hydroxyl groups is 1. The lowest BCUT2D eigenvalue weighted by Gasteiger charge is -2.22. The third-order valence-corrected chi connectivity index (χ3v) is 1.83. The van der Waals surface area contributed by atoms with Crippen LogP contribution in [0, 0.1) is 12.3 Å². The second-order valence-electron chi connectivity index (χ2n) is 4.79. The monoisotopic (exact) mass is 213 g/mol. The van der Waals surface area contributed by atoms with E-state index >= 15 is 0 Å². The zero-order valence-electron chi connectivity index (χ0n) is 10.2. The van der Waals surface area contributed by atoms with Crippen LogP contribution in [0.15, 0.2) is 0 Å². The van der Waals surface area contributed by atoms with Gasteiger partial charge in [-0.25, -0.2) is 0 Å². The highest BCUT2D eigenvalue weighted by molar-refractivity contribution is 4.88. The third kappa shape index (κ3) is 9.74. The number of rotatable bonds is 6. The van der Waals surface area contributed by atoms with E-state index in [1.165, 1.54) is 0 Å². The van der Waals surface area contributed by atoms with Crippen molar-refractivity contribution in [3.8, 4) is 12.3 Å². The number of terminal acetylenes is 1. The highest BCUT2D eigenvalue weighted by Crippen LogP contribution is 2.06. The van der Waals surface area contributed by atoms with Gasteiger partial charge in [0.25, 0.3) is 0 Å². The van der Waals surface area contributed by atoms with Crippen LogP contribution < -0.4 is 5.32 Å². The van der Waals surface area contributed by atoms with E-state index in [1.807, 2.05) is 27.7 Å². The minimum Gasteiger partial charge on any atom is -0.389 e. The molecule has 3 nitrogen and oxygen atoms in total. The minimum atomic E-state index is -0.482. The van der Waals surface area contributed by atoms with Crippen molar-refractivity contribution in [2.45, 2.75) is 51.9 Å². The zero-order chi connectivity index (χ0) is 11.9. The molecule has 0 aliphatic heterocycles. The first kappa shape index (κ1) is 14.4. The predicted molar refractivity (Wildman–Crippen MR) is 62.6 cm³/mol. The van der Waals surface area contributed by atoms with E-state index in [0.29, 0.717) is 19.6 Å². The highest BCUT2D eigenvalue weighted by Gasteiger charge is 2.13. The molecule has 0 aromatic carbocycles. The maximum atomic E-state index is 9.59. The van der Waals surface area contributed by atoms with Crippen molar-refractivity contribution in [3.05, 3.63) is 0 Å². The van der Waals surface area contributed by atoms with Gasteiger partial charge in [0, 0.05) is 19.0 Å². The largest absolute Gasteiger partial charge is 0.389 e. The first-order valence-corrected chi connectivity index (χ1v) is 5.34. The maximum absolute atomic E-state index is 9.59. The molecule has 0 saturated carbocycles. The lowest BCUT2D eigenvalue weighted by atomic mass is 10.2. The molecule has 0 amide bonds. The van der Waals surface area contributed by atoms with E-state index in [2.05, 4.69) is 11.2 Å². The summed E-state index contributed by atoms with van der Waals surface area (Å²) in [5, 5.41) is 12.7. The van der Waals surface area contributed by atoms with Gasteiger partial charge in [0.15, 0.2) is 0 Å². The van der Waals surface area contributed by atoms with Gasteiger partial charge >= 0.3 is 0 Å². The molecule has 15 heavy (non-hydrogen) atoms. The van der Waals surface area contributed by atoms with Crippen LogP contribution in [0.2, 0.25) is 0 Å². The Hall–Kier alpha value is -0.560. The van der Waals surface area contributed by atoms with Crippen molar-refractivity contribution in [2.24, 2.45) is 0 Å². The van der Waals surface area contributed by atoms with E-state index < -0.39 is 6.10 Å². The van der Waals surface area contributed by atoms with E-state index in [9.17, 15) is 5.11 Å². The van der Waals surface area contributed by atoms with Crippen LogP contribution in [0.3, 0.4) is 0 Å². The molecule has 0 saturated heterocycles. The van der Waals surface area contributed by atoms with Crippen molar-refractivity contribution in [1.82, 2.24) is 5.32 Å². The summed E-state index contributed by atoms with van der Waals surface area (Å²) in [5.41, 5.74) is -0.203. The lowest BCUT2D eigenvalue weighted by Crippen LogP contribution is -2.37. The summed E-state index contributed by atoms with van der Waals surface area (Å²) in [6.07, 6.45) is 5.37. The molecule has 0 spiro atoms. The Kier molecular flexibility index (Phi) is 6.58. The molecule has 3 heteroatoms. The first-order chi connectivity index (χ1) is 6.85. The van der Waals surface area contributed by atoms with Gasteiger partial charge in [-0.15, -0.1) is 12.3 Å². The smallest absolute Gasteiger partial charge is 0.0898 e. The summed E-state index contributed by atoms with van der Waals surface area (Å²) < 4.78 is 5.45. The average molecular weight is 213 g/mol. The molecule has 0 bridgehead atoms. The molecule has 0 heterocycles. The third-order valence-electron chi connectivity index (χ3n) is 1.83. The molecule has 0 aliphatic carbocycles. The van der Waals surface area contributed by atoms with Gasteiger partial charge in [0.2, 0.25) is 0 Å². The van der Waals surface area contributed by atoms with Crippen LogP contribution in [0.5, 0.6) is 0 Å². The number of hydrogen-bond donors (Lipinski definition) is 2. The Bertz CT molecular complexity index is 203. The predicted octanol–water partition coefficient (Wildman–Crippen LogP) is 1.16. The fourth-order valence-corrected chi connectivity index (χ4v) is 0.991. The highest BCUT2D eigenvalue weighted by atomic mass is 16.5. The molecular weight excluding hydrogens is 190 g/mol. The molecule has 88 valence electrons. The van der Waals surface area contributed by atoms with E-state index in [0.717, 1.165) is 0 Å². The summed E-state index contributed by atoms with van der Waals surface area (Å²) in [7, 11) is 0. The maximum Gasteiger partial charge on any atom is 0.0898 e. The second kappa shape index (κ2) is 6.84. The number of aliphatic hydroxyl groups excluding tert-OH is 1. The fraction of sp³-hybridized carbons (Fsp3) is 0.833. The van der Waals surface area contributed by atoms with Crippen molar-refractivity contribution in [3.63, 3.8) is 0 Å². The van der Waals surface area contributed by atoms with Crippen LogP contribution in [-0.2, 0) is 4.74 Å². The summed E-state index contributed by atoms with van der Waals surface area (Å²) in [4.78, 5) is 0. The number of ether oxygens (including phenoxy) is 1. The van der Waals surface area contributed by atoms with Crippen LogP contribution in [0.25, 0.3) is 0 Å². The topological polar surface area (TPSA) is 41.5 Å². The standard InChI is InChI=1S/C12H23NO2/c1-6-7-10(2)13-8-11(14)9-15-12(3,4)5/h1,10-11,13-14H,7-9H2,2-5H3. The molecule has 2 atom stereocenters. The van der Waals surface area contributed by atoms with Crippen molar-refractivity contribution >= 4 is 0 Å². The molecule has 0 radical (unpaired) electrons. The van der Waals surface area contributed by atoms with Gasteiger partial charge in [-0.2, -0.15) is 0 Å². The quantitative estimate of drug-likeness (QED) is 0.651. The van der Waals surface area contributed by atoms with Gasteiger partial charge in [-0.3, -0.25) is 0 Å². The molecule has 0 fully saturated rings. The van der Waals surface area contributed by atoms with E-state index in [1.54, 1.807) is 0 Å². The first-order valence-electron chi connectivity index (χ1n) is 5.34. The van der Waals surface area contributed by atoms with Crippen molar-refractivity contribution in [2.75, 3.05) is 13.2 Å². The summed E-state index contributed by atoms with van der Waals surface area (Å²) in [6.45, 7) is 8.76. The molecule has 0 aliphatic rings. The van der Waals surface area contributed by atoms with Gasteiger partial charge in [-0.05, 0) is 27.7 Å². The molecule has 0 rings (SSSR count). The van der Waals surface area contributed by atoms with Crippen LogP contribution in [0.4, 0.5) is 0 Å². The lowest BCUT2D eigenvalue weighted by molar-refractivity contribution is -0.0482. The van der Waals surface area contributed by atoms with Crippen LogP contribution in [0.1, 0.15) is 34.1 Å². The normalized spacial score (nSPS) is 15.7. The van der Waals surface area contributed by atoms with Crippen LogP contribution >= 0.6 is 0 Å². The molecular formula is C12H23NO2. The Balaban J connectivity index is 3.58. The van der Waals surface area contributed by atoms with Crippen molar-refractivity contribution in [1.29, 1.82) is 0 Å². The Morgan fingerprint density at radius 2 is 2.07 bits per heavy atom. The number of nitrogens with one attached hydrogen (secondary N) is 1. The SMILES string of the molecule is C#CCC(C)NCC(O)COC(C)(C)C. The Morgan fingerprint density at radius 1 is 1.47 bits per heavy atom. The summed E-state index contributed by atoms with van der Waals surface area (Å²) >= 11 is 0. The van der Waals surface area contributed by atoms with Gasteiger partial charge < -0.3 is 15.2 Å². The Morgan fingerprint density at radius 3 is 2.53 bits per heavy atom. The summed E-state index contributed by atoms with van der Waals surface area (Å²) in [5.74, 6) is 2.57. The molecule has 0 aromatic rings. The second-order valence-corrected chi connectivity index (χ2v) is 4.79. The minimum absolute atomic E-state index is 0.203. The van der Waals surface area contributed by atoms with E-state index in [-0.39, 0.29) is 11.6 Å². The average Bonchev–Trinajstić information content (AvgIpc) is 2.11. The molecule has 0 aromatic heterocycles. The fourth-order valence-electron chi connectivity index (χ4n) is 0.991.